The summed E-state index contributed by atoms with van der Waals surface area (Å²) >= 11 is 3.20. The third-order valence-corrected chi connectivity index (χ3v) is 6.26. The van der Waals surface area contributed by atoms with Gasteiger partial charge in [-0.3, -0.25) is 9.59 Å². The van der Waals surface area contributed by atoms with E-state index in [-0.39, 0.29) is 17.7 Å². The largest absolute Gasteiger partial charge is 0.340 e. The van der Waals surface area contributed by atoms with Gasteiger partial charge in [-0.1, -0.05) is 43.8 Å². The average Bonchev–Trinajstić information content (AvgIpc) is 3.12. The summed E-state index contributed by atoms with van der Waals surface area (Å²) in [6.45, 7) is 5.79. The Labute approximate surface area is 179 Å². The molecule has 0 bridgehead atoms. The number of benzene rings is 2. The fourth-order valence-corrected chi connectivity index (χ4v) is 4.47. The maximum absolute atomic E-state index is 12.8. The Morgan fingerprint density at radius 2 is 1.72 bits per heavy atom. The molecule has 0 aliphatic carbocycles. The summed E-state index contributed by atoms with van der Waals surface area (Å²) in [4.78, 5) is 30.7. The molecule has 3 rings (SSSR count). The molecule has 1 heterocycles. The lowest BCUT2D eigenvalue weighted by Gasteiger charge is -2.22. The highest BCUT2D eigenvalue weighted by molar-refractivity contribution is 8.01. The second kappa shape index (κ2) is 9.71. The SMILES string of the molecule is Cc1csc(Sc2ccc(NC(=O)C(NC(=O)c3ccccc3)C(C)C)cc2)n1. The fourth-order valence-electron chi connectivity index (χ4n) is 2.66. The third kappa shape index (κ3) is 5.92. The second-order valence-corrected chi connectivity index (χ2v) is 9.11. The van der Waals surface area contributed by atoms with Gasteiger partial charge in [-0.25, -0.2) is 4.98 Å². The van der Waals surface area contributed by atoms with Crippen LogP contribution in [0.5, 0.6) is 0 Å². The Morgan fingerprint density at radius 1 is 1.03 bits per heavy atom. The molecule has 0 fully saturated rings. The van der Waals surface area contributed by atoms with Gasteiger partial charge < -0.3 is 10.6 Å². The number of nitrogens with zero attached hydrogens (tertiary/aromatic N) is 1. The Balaban J connectivity index is 1.62. The lowest BCUT2D eigenvalue weighted by molar-refractivity contribution is -0.118. The van der Waals surface area contributed by atoms with E-state index in [1.807, 2.05) is 56.5 Å². The molecule has 1 aromatic heterocycles. The van der Waals surface area contributed by atoms with E-state index in [2.05, 4.69) is 15.6 Å². The molecule has 2 amide bonds. The number of anilines is 1. The zero-order chi connectivity index (χ0) is 20.8. The Morgan fingerprint density at radius 3 is 2.31 bits per heavy atom. The smallest absolute Gasteiger partial charge is 0.251 e. The fraction of sp³-hybridized carbons (Fsp3) is 0.227. The topological polar surface area (TPSA) is 71.1 Å². The second-order valence-electron chi connectivity index (χ2n) is 6.93. The number of nitrogens with one attached hydrogen (secondary N) is 2. The molecule has 2 N–H and O–H groups in total. The standard InChI is InChI=1S/C22H23N3O2S2/c1-14(2)19(25-20(26)16-7-5-4-6-8-16)21(27)24-17-9-11-18(12-10-17)29-22-23-15(3)13-28-22/h4-14,19H,1-3H3,(H,24,27)(H,25,26). The monoisotopic (exact) mass is 425 g/mol. The van der Waals surface area contributed by atoms with E-state index in [1.54, 1.807) is 47.4 Å². The molecule has 29 heavy (non-hydrogen) atoms. The summed E-state index contributed by atoms with van der Waals surface area (Å²) < 4.78 is 0.989. The zero-order valence-corrected chi connectivity index (χ0v) is 18.1. The maximum atomic E-state index is 12.8. The highest BCUT2D eigenvalue weighted by Crippen LogP contribution is 2.30. The maximum Gasteiger partial charge on any atom is 0.251 e. The van der Waals surface area contributed by atoms with Crippen LogP contribution in [0.2, 0.25) is 0 Å². The van der Waals surface area contributed by atoms with Crippen molar-refractivity contribution in [3.63, 3.8) is 0 Å². The van der Waals surface area contributed by atoms with Gasteiger partial charge in [0, 0.05) is 27.2 Å². The molecule has 0 aliphatic heterocycles. The van der Waals surface area contributed by atoms with Crippen molar-refractivity contribution in [1.82, 2.24) is 10.3 Å². The first-order valence-electron chi connectivity index (χ1n) is 9.29. The van der Waals surface area contributed by atoms with Crippen LogP contribution in [0, 0.1) is 12.8 Å². The van der Waals surface area contributed by atoms with Crippen LogP contribution in [-0.4, -0.2) is 22.8 Å². The summed E-state index contributed by atoms with van der Waals surface area (Å²) in [6.07, 6.45) is 0. The van der Waals surface area contributed by atoms with Crippen molar-refractivity contribution in [1.29, 1.82) is 0 Å². The third-order valence-electron chi connectivity index (χ3n) is 4.20. The van der Waals surface area contributed by atoms with Gasteiger partial charge >= 0.3 is 0 Å². The number of hydrogen-bond donors (Lipinski definition) is 2. The molecule has 0 saturated carbocycles. The molecule has 5 nitrogen and oxygen atoms in total. The van der Waals surface area contributed by atoms with Crippen LogP contribution in [0.25, 0.3) is 0 Å². The summed E-state index contributed by atoms with van der Waals surface area (Å²) in [5.41, 5.74) is 2.23. The minimum Gasteiger partial charge on any atom is -0.340 e. The highest BCUT2D eigenvalue weighted by atomic mass is 32.2. The van der Waals surface area contributed by atoms with Crippen LogP contribution < -0.4 is 10.6 Å². The zero-order valence-electron chi connectivity index (χ0n) is 16.5. The Bertz CT molecular complexity index is 969. The van der Waals surface area contributed by atoms with Crippen molar-refractivity contribution < 1.29 is 9.59 Å². The van der Waals surface area contributed by atoms with Gasteiger partial charge in [0.25, 0.3) is 5.91 Å². The van der Waals surface area contributed by atoms with Crippen molar-refractivity contribution in [2.24, 2.45) is 5.92 Å². The lowest BCUT2D eigenvalue weighted by atomic mass is 10.0. The van der Waals surface area contributed by atoms with Gasteiger partial charge in [0.1, 0.15) is 6.04 Å². The number of amides is 2. The molecule has 2 aromatic carbocycles. The molecule has 0 saturated heterocycles. The number of aromatic nitrogens is 1. The summed E-state index contributed by atoms with van der Waals surface area (Å²) in [6, 6.07) is 15.9. The van der Waals surface area contributed by atoms with Crippen LogP contribution in [0.1, 0.15) is 29.9 Å². The Kier molecular flexibility index (Phi) is 7.06. The first-order chi connectivity index (χ1) is 13.9. The normalized spacial score (nSPS) is 11.9. The quantitative estimate of drug-likeness (QED) is 0.559. The summed E-state index contributed by atoms with van der Waals surface area (Å²) in [7, 11) is 0. The number of carbonyl (C=O) groups is 2. The van der Waals surface area contributed by atoms with E-state index in [0.717, 1.165) is 14.9 Å². The van der Waals surface area contributed by atoms with E-state index in [0.29, 0.717) is 11.3 Å². The van der Waals surface area contributed by atoms with E-state index >= 15 is 0 Å². The molecular formula is C22H23N3O2S2. The predicted molar refractivity (Wildman–Crippen MR) is 119 cm³/mol. The van der Waals surface area contributed by atoms with Gasteiger partial charge in [-0.2, -0.15) is 0 Å². The van der Waals surface area contributed by atoms with Crippen LogP contribution in [0.4, 0.5) is 5.69 Å². The molecule has 1 atom stereocenters. The highest BCUT2D eigenvalue weighted by Gasteiger charge is 2.24. The average molecular weight is 426 g/mol. The van der Waals surface area contributed by atoms with Gasteiger partial charge in [0.2, 0.25) is 5.91 Å². The van der Waals surface area contributed by atoms with E-state index in [9.17, 15) is 9.59 Å². The predicted octanol–water partition coefficient (Wildman–Crippen LogP) is 5.00. The number of hydrogen-bond acceptors (Lipinski definition) is 5. The number of thiazole rings is 1. The minimum absolute atomic E-state index is 0.0503. The lowest BCUT2D eigenvalue weighted by Crippen LogP contribution is -2.47. The van der Waals surface area contributed by atoms with E-state index in [4.69, 9.17) is 0 Å². The minimum atomic E-state index is -0.630. The molecule has 0 aliphatic rings. The number of carbonyl (C=O) groups excluding carboxylic acids is 2. The molecule has 1 unspecified atom stereocenters. The van der Waals surface area contributed by atoms with Gasteiger partial charge in [0.15, 0.2) is 4.34 Å². The summed E-state index contributed by atoms with van der Waals surface area (Å²) in [5, 5.41) is 7.76. The number of aryl methyl sites for hydroxylation is 1. The van der Waals surface area contributed by atoms with Gasteiger partial charge in [-0.15, -0.1) is 11.3 Å². The first-order valence-corrected chi connectivity index (χ1v) is 11.0. The van der Waals surface area contributed by atoms with Crippen molar-refractivity contribution in [3.8, 4) is 0 Å². The van der Waals surface area contributed by atoms with Crippen LogP contribution in [-0.2, 0) is 4.79 Å². The summed E-state index contributed by atoms with van der Waals surface area (Å²) in [5.74, 6) is -0.546. The molecule has 0 spiro atoms. The molecule has 3 aromatic rings. The van der Waals surface area contributed by atoms with Crippen molar-refractivity contribution in [2.45, 2.75) is 36.0 Å². The molecular weight excluding hydrogens is 402 g/mol. The van der Waals surface area contributed by atoms with Crippen LogP contribution >= 0.6 is 23.1 Å². The van der Waals surface area contributed by atoms with Gasteiger partial charge in [-0.05, 0) is 49.2 Å². The molecule has 7 heteroatoms. The first kappa shape index (κ1) is 21.1. The van der Waals surface area contributed by atoms with Crippen LogP contribution in [0.3, 0.4) is 0 Å². The van der Waals surface area contributed by atoms with Crippen LogP contribution in [0.15, 0.2) is 69.2 Å². The van der Waals surface area contributed by atoms with Gasteiger partial charge in [0.05, 0.1) is 0 Å². The van der Waals surface area contributed by atoms with Crippen molar-refractivity contribution in [3.05, 3.63) is 71.2 Å². The van der Waals surface area contributed by atoms with E-state index in [1.165, 1.54) is 0 Å². The van der Waals surface area contributed by atoms with Crippen molar-refractivity contribution >= 4 is 40.6 Å². The molecule has 0 radical (unpaired) electrons. The van der Waals surface area contributed by atoms with Crippen molar-refractivity contribution in [2.75, 3.05) is 5.32 Å². The van der Waals surface area contributed by atoms with E-state index < -0.39 is 6.04 Å². The number of rotatable bonds is 7. The molecule has 150 valence electrons. The Hall–Kier alpha value is -2.64.